The molecule has 1 heterocycles. The van der Waals surface area contributed by atoms with Crippen molar-refractivity contribution >= 4 is 5.95 Å². The summed E-state index contributed by atoms with van der Waals surface area (Å²) in [5, 5.41) is 3.90. The van der Waals surface area contributed by atoms with Crippen LogP contribution in [-0.2, 0) is 6.42 Å². The van der Waals surface area contributed by atoms with Gasteiger partial charge in [0.15, 0.2) is 0 Å². The predicted octanol–water partition coefficient (Wildman–Crippen LogP) is 1.05. The smallest absolute Gasteiger partial charge is 0.265 e. The Kier molecular flexibility index (Phi) is 4.55. The first-order chi connectivity index (χ1) is 7.17. The van der Waals surface area contributed by atoms with E-state index in [9.17, 15) is 0 Å². The Balaban J connectivity index is 2.46. The molecule has 1 aromatic heterocycles. The average Bonchev–Trinajstić information content (AvgIpc) is 2.73. The molecule has 1 unspecified atom stereocenters. The molecule has 0 aliphatic carbocycles. The van der Waals surface area contributed by atoms with Crippen molar-refractivity contribution in [1.29, 1.82) is 0 Å². The van der Waals surface area contributed by atoms with Crippen LogP contribution in [0.1, 0.15) is 26.2 Å². The molecule has 1 rings (SSSR count). The maximum absolute atomic E-state index is 5.54. The van der Waals surface area contributed by atoms with Crippen molar-refractivity contribution in [3.05, 3.63) is 5.89 Å². The third kappa shape index (κ3) is 3.51. The van der Waals surface area contributed by atoms with Crippen molar-refractivity contribution in [2.24, 2.45) is 11.7 Å². The van der Waals surface area contributed by atoms with Gasteiger partial charge in [-0.05, 0) is 31.0 Å². The zero-order valence-corrected chi connectivity index (χ0v) is 9.73. The standard InChI is InChI=1S/C10H20N4O/c1-4-14(3)10-12-9(15-13-10)6-5-8(2)7-11/h8H,4-7,11H2,1-3H3. The van der Waals surface area contributed by atoms with Crippen molar-refractivity contribution in [2.45, 2.75) is 26.7 Å². The Bertz CT molecular complexity index is 287. The normalized spacial score (nSPS) is 12.8. The minimum absolute atomic E-state index is 0.504. The zero-order valence-electron chi connectivity index (χ0n) is 9.73. The van der Waals surface area contributed by atoms with Crippen LogP contribution in [0.5, 0.6) is 0 Å². The molecule has 86 valence electrons. The quantitative estimate of drug-likeness (QED) is 0.763. The third-order valence-electron chi connectivity index (χ3n) is 2.53. The van der Waals surface area contributed by atoms with E-state index >= 15 is 0 Å². The van der Waals surface area contributed by atoms with Crippen LogP contribution in [0.4, 0.5) is 5.95 Å². The van der Waals surface area contributed by atoms with Crippen molar-refractivity contribution in [1.82, 2.24) is 10.1 Å². The van der Waals surface area contributed by atoms with E-state index in [0.29, 0.717) is 24.3 Å². The maximum Gasteiger partial charge on any atom is 0.265 e. The number of aromatic nitrogens is 2. The lowest BCUT2D eigenvalue weighted by atomic mass is 10.1. The van der Waals surface area contributed by atoms with Gasteiger partial charge in [-0.2, -0.15) is 4.98 Å². The number of nitrogens with two attached hydrogens (primary N) is 1. The second-order valence-corrected chi connectivity index (χ2v) is 3.88. The fraction of sp³-hybridized carbons (Fsp3) is 0.800. The van der Waals surface area contributed by atoms with Crippen LogP contribution in [0.2, 0.25) is 0 Å². The molecule has 1 atom stereocenters. The van der Waals surface area contributed by atoms with Crippen LogP contribution < -0.4 is 10.6 Å². The first-order valence-electron chi connectivity index (χ1n) is 5.41. The minimum atomic E-state index is 0.504. The van der Waals surface area contributed by atoms with Gasteiger partial charge in [-0.3, -0.25) is 0 Å². The number of hydrogen-bond donors (Lipinski definition) is 1. The van der Waals surface area contributed by atoms with E-state index in [1.54, 1.807) is 0 Å². The lowest BCUT2D eigenvalue weighted by Crippen LogP contribution is -2.17. The monoisotopic (exact) mass is 212 g/mol. The molecule has 0 radical (unpaired) electrons. The van der Waals surface area contributed by atoms with E-state index in [2.05, 4.69) is 17.1 Å². The molecular formula is C10H20N4O. The fourth-order valence-electron chi connectivity index (χ4n) is 1.13. The molecule has 0 amide bonds. The van der Waals surface area contributed by atoms with Gasteiger partial charge >= 0.3 is 0 Å². The molecule has 5 nitrogen and oxygen atoms in total. The van der Waals surface area contributed by atoms with Crippen molar-refractivity contribution in [3.8, 4) is 0 Å². The summed E-state index contributed by atoms with van der Waals surface area (Å²) in [6, 6.07) is 0. The van der Waals surface area contributed by atoms with Gasteiger partial charge in [-0.15, -0.1) is 0 Å². The molecule has 0 fully saturated rings. The number of rotatable bonds is 6. The second kappa shape index (κ2) is 5.70. The first kappa shape index (κ1) is 12.0. The van der Waals surface area contributed by atoms with Crippen molar-refractivity contribution < 1.29 is 4.52 Å². The molecule has 0 aliphatic rings. The Labute approximate surface area is 90.6 Å². The largest absolute Gasteiger partial charge is 0.342 e. The summed E-state index contributed by atoms with van der Waals surface area (Å²) in [7, 11) is 1.94. The summed E-state index contributed by atoms with van der Waals surface area (Å²) in [5.41, 5.74) is 5.54. The van der Waals surface area contributed by atoms with E-state index < -0.39 is 0 Å². The van der Waals surface area contributed by atoms with E-state index in [1.165, 1.54) is 0 Å². The Hall–Kier alpha value is -1.10. The van der Waals surface area contributed by atoms with E-state index in [1.807, 2.05) is 18.9 Å². The predicted molar refractivity (Wildman–Crippen MR) is 59.8 cm³/mol. The van der Waals surface area contributed by atoms with Crippen LogP contribution in [0.3, 0.4) is 0 Å². The molecule has 0 saturated heterocycles. The highest BCUT2D eigenvalue weighted by molar-refractivity contribution is 5.24. The van der Waals surface area contributed by atoms with E-state index in [-0.39, 0.29) is 0 Å². The molecule has 0 aliphatic heterocycles. The van der Waals surface area contributed by atoms with Gasteiger partial charge in [0.25, 0.3) is 5.95 Å². The zero-order chi connectivity index (χ0) is 11.3. The van der Waals surface area contributed by atoms with E-state index in [4.69, 9.17) is 10.3 Å². The van der Waals surface area contributed by atoms with Crippen LogP contribution in [0.25, 0.3) is 0 Å². The lowest BCUT2D eigenvalue weighted by molar-refractivity contribution is 0.365. The molecule has 0 aromatic carbocycles. The van der Waals surface area contributed by atoms with Gasteiger partial charge in [-0.1, -0.05) is 6.92 Å². The number of anilines is 1. The summed E-state index contributed by atoms with van der Waals surface area (Å²) in [5.74, 6) is 1.86. The average molecular weight is 212 g/mol. The minimum Gasteiger partial charge on any atom is -0.342 e. The molecule has 15 heavy (non-hydrogen) atoms. The van der Waals surface area contributed by atoms with Gasteiger partial charge in [0, 0.05) is 20.0 Å². The summed E-state index contributed by atoms with van der Waals surface area (Å²) in [6.45, 7) is 5.75. The summed E-state index contributed by atoms with van der Waals surface area (Å²) >= 11 is 0. The van der Waals surface area contributed by atoms with E-state index in [0.717, 1.165) is 19.4 Å². The molecule has 1 aromatic rings. The Morgan fingerprint density at radius 2 is 2.27 bits per heavy atom. The highest BCUT2D eigenvalue weighted by atomic mass is 16.5. The molecule has 5 heteroatoms. The number of nitrogens with zero attached hydrogens (tertiary/aromatic N) is 3. The van der Waals surface area contributed by atoms with Crippen LogP contribution in [0.15, 0.2) is 4.52 Å². The van der Waals surface area contributed by atoms with Gasteiger partial charge in [0.1, 0.15) is 0 Å². The SMILES string of the molecule is CCN(C)c1noc(CCC(C)CN)n1. The van der Waals surface area contributed by atoms with Crippen LogP contribution in [0, 0.1) is 5.92 Å². The van der Waals surface area contributed by atoms with Crippen LogP contribution in [-0.4, -0.2) is 30.3 Å². The molecular weight excluding hydrogens is 192 g/mol. The summed E-state index contributed by atoms with van der Waals surface area (Å²) in [4.78, 5) is 6.24. The van der Waals surface area contributed by atoms with Crippen LogP contribution >= 0.6 is 0 Å². The Morgan fingerprint density at radius 3 is 2.87 bits per heavy atom. The molecule has 2 N–H and O–H groups in total. The Morgan fingerprint density at radius 1 is 1.53 bits per heavy atom. The fourth-order valence-corrected chi connectivity index (χ4v) is 1.13. The highest BCUT2D eigenvalue weighted by Crippen LogP contribution is 2.11. The molecule has 0 spiro atoms. The number of aryl methyl sites for hydroxylation is 1. The van der Waals surface area contributed by atoms with Gasteiger partial charge in [0.2, 0.25) is 5.89 Å². The lowest BCUT2D eigenvalue weighted by Gasteiger charge is -2.08. The molecule has 0 bridgehead atoms. The second-order valence-electron chi connectivity index (χ2n) is 3.88. The van der Waals surface area contributed by atoms with Gasteiger partial charge in [0.05, 0.1) is 0 Å². The van der Waals surface area contributed by atoms with Gasteiger partial charge in [-0.25, -0.2) is 0 Å². The number of hydrogen-bond acceptors (Lipinski definition) is 5. The first-order valence-corrected chi connectivity index (χ1v) is 5.41. The highest BCUT2D eigenvalue weighted by Gasteiger charge is 2.10. The summed E-state index contributed by atoms with van der Waals surface area (Å²) in [6.07, 6.45) is 1.80. The van der Waals surface area contributed by atoms with Crippen molar-refractivity contribution in [3.63, 3.8) is 0 Å². The third-order valence-corrected chi connectivity index (χ3v) is 2.53. The topological polar surface area (TPSA) is 68.2 Å². The maximum atomic E-state index is 5.54. The van der Waals surface area contributed by atoms with Crippen molar-refractivity contribution in [2.75, 3.05) is 25.0 Å². The molecule has 0 saturated carbocycles. The van der Waals surface area contributed by atoms with Gasteiger partial charge < -0.3 is 15.2 Å². The summed E-state index contributed by atoms with van der Waals surface area (Å²) < 4.78 is 5.14.